The fourth-order valence-corrected chi connectivity index (χ4v) is 2.46. The highest BCUT2D eigenvalue weighted by molar-refractivity contribution is 5.08. The van der Waals surface area contributed by atoms with Crippen LogP contribution in [-0.2, 0) is 6.54 Å². The van der Waals surface area contributed by atoms with Crippen LogP contribution in [0.2, 0.25) is 0 Å². The van der Waals surface area contributed by atoms with Gasteiger partial charge in [-0.3, -0.25) is 4.90 Å². The topological polar surface area (TPSA) is 31.1 Å². The van der Waals surface area contributed by atoms with E-state index in [9.17, 15) is 0 Å². The predicted octanol–water partition coefficient (Wildman–Crippen LogP) is 1.34. The van der Waals surface area contributed by atoms with Gasteiger partial charge in [0.25, 0.3) is 0 Å². The van der Waals surface area contributed by atoms with Crippen LogP contribution in [-0.4, -0.2) is 35.1 Å². The molecule has 2 aliphatic rings. The van der Waals surface area contributed by atoms with Crippen molar-refractivity contribution in [1.29, 1.82) is 0 Å². The van der Waals surface area contributed by atoms with Crippen molar-refractivity contribution < 1.29 is 0 Å². The van der Waals surface area contributed by atoms with E-state index in [1.54, 1.807) is 0 Å². The van der Waals surface area contributed by atoms with Crippen molar-refractivity contribution in [1.82, 2.24) is 15.2 Å². The van der Waals surface area contributed by atoms with E-state index in [4.69, 9.17) is 0 Å². The molecule has 2 heterocycles. The summed E-state index contributed by atoms with van der Waals surface area (Å²) < 4.78 is 0. The van der Waals surface area contributed by atoms with Gasteiger partial charge in [0.05, 0.1) is 0 Å². The highest BCUT2D eigenvalue weighted by Crippen LogP contribution is 2.29. The second-order valence-corrected chi connectivity index (χ2v) is 4.81. The first kappa shape index (κ1) is 9.43. The van der Waals surface area contributed by atoms with Crippen LogP contribution in [0.4, 0.5) is 0 Å². The van der Waals surface area contributed by atoms with Crippen molar-refractivity contribution in [3.8, 4) is 0 Å². The minimum Gasteiger partial charge on any atom is -0.367 e. The van der Waals surface area contributed by atoms with Gasteiger partial charge >= 0.3 is 0 Å². The molecule has 3 heteroatoms. The minimum atomic E-state index is 0.709. The maximum Gasteiger partial charge on any atom is 0.0223 e. The van der Waals surface area contributed by atoms with Gasteiger partial charge < -0.3 is 10.3 Å². The summed E-state index contributed by atoms with van der Waals surface area (Å²) in [6.45, 7) is 3.57. The third kappa shape index (κ3) is 2.24. The fourth-order valence-electron chi connectivity index (χ4n) is 2.46. The van der Waals surface area contributed by atoms with Crippen molar-refractivity contribution in [2.75, 3.05) is 13.1 Å². The lowest BCUT2D eigenvalue weighted by atomic mass is 10.2. The number of nitrogens with zero attached hydrogens (tertiary/aromatic N) is 1. The average molecular weight is 205 g/mol. The van der Waals surface area contributed by atoms with E-state index < -0.39 is 0 Å². The molecule has 0 bridgehead atoms. The highest BCUT2D eigenvalue weighted by Gasteiger charge is 2.33. The fraction of sp³-hybridized carbons (Fsp3) is 0.667. The standard InChI is InChI=1S/C12H19N3/c1-2-12(1)15-6-4-11(9-15)14-8-10-3-5-13-7-10/h3,5,7,11-14H,1-2,4,6,8-9H2. The lowest BCUT2D eigenvalue weighted by molar-refractivity contribution is 0.317. The average Bonchev–Trinajstić information content (AvgIpc) is 2.82. The van der Waals surface area contributed by atoms with Crippen molar-refractivity contribution >= 4 is 0 Å². The van der Waals surface area contributed by atoms with Crippen LogP contribution in [0.5, 0.6) is 0 Å². The molecule has 82 valence electrons. The number of hydrogen-bond donors (Lipinski definition) is 2. The maximum atomic E-state index is 3.63. The first-order valence-electron chi connectivity index (χ1n) is 6.01. The summed E-state index contributed by atoms with van der Waals surface area (Å²) in [7, 11) is 0. The third-order valence-corrected chi connectivity index (χ3v) is 3.54. The predicted molar refractivity (Wildman–Crippen MR) is 60.6 cm³/mol. The number of hydrogen-bond acceptors (Lipinski definition) is 2. The SMILES string of the molecule is c1cc(CNC2CCN(C3CC3)C2)c[nH]1. The molecule has 0 amide bonds. The monoisotopic (exact) mass is 205 g/mol. The molecule has 1 unspecified atom stereocenters. The molecule has 0 aromatic carbocycles. The van der Waals surface area contributed by atoms with Crippen LogP contribution in [0.15, 0.2) is 18.5 Å². The van der Waals surface area contributed by atoms with E-state index in [0.717, 1.165) is 12.6 Å². The van der Waals surface area contributed by atoms with Gasteiger partial charge in [-0.2, -0.15) is 0 Å². The quantitative estimate of drug-likeness (QED) is 0.777. The molecule has 0 radical (unpaired) electrons. The molecule has 1 aliphatic carbocycles. The van der Waals surface area contributed by atoms with E-state index in [2.05, 4.69) is 27.5 Å². The molecular weight excluding hydrogens is 186 g/mol. The molecule has 2 fully saturated rings. The molecule has 1 aromatic heterocycles. The van der Waals surface area contributed by atoms with Gasteiger partial charge in [-0.25, -0.2) is 0 Å². The zero-order valence-corrected chi connectivity index (χ0v) is 9.08. The van der Waals surface area contributed by atoms with Gasteiger partial charge in [-0.05, 0) is 30.9 Å². The molecule has 15 heavy (non-hydrogen) atoms. The maximum absolute atomic E-state index is 3.63. The summed E-state index contributed by atoms with van der Waals surface area (Å²) in [6.07, 6.45) is 8.25. The van der Waals surface area contributed by atoms with Crippen molar-refractivity contribution in [3.05, 3.63) is 24.0 Å². The lowest BCUT2D eigenvalue weighted by Crippen LogP contribution is -2.32. The summed E-state index contributed by atoms with van der Waals surface area (Å²) in [5.41, 5.74) is 1.36. The van der Waals surface area contributed by atoms with Crippen molar-refractivity contribution in [2.24, 2.45) is 0 Å². The second-order valence-electron chi connectivity index (χ2n) is 4.81. The largest absolute Gasteiger partial charge is 0.367 e. The van der Waals surface area contributed by atoms with E-state index >= 15 is 0 Å². The van der Waals surface area contributed by atoms with Gasteiger partial charge in [0.2, 0.25) is 0 Å². The number of likely N-dealkylation sites (tertiary alicyclic amines) is 1. The summed E-state index contributed by atoms with van der Waals surface area (Å²) in [4.78, 5) is 5.74. The summed E-state index contributed by atoms with van der Waals surface area (Å²) in [5.74, 6) is 0. The molecule has 3 nitrogen and oxygen atoms in total. The van der Waals surface area contributed by atoms with E-state index in [1.165, 1.54) is 37.9 Å². The molecule has 2 N–H and O–H groups in total. The first-order chi connectivity index (χ1) is 7.42. The number of nitrogens with one attached hydrogen (secondary N) is 2. The van der Waals surface area contributed by atoms with Crippen molar-refractivity contribution in [2.45, 2.75) is 37.9 Å². The Morgan fingerprint density at radius 2 is 2.33 bits per heavy atom. The molecule has 1 saturated carbocycles. The van der Waals surface area contributed by atoms with E-state index in [1.807, 2.05) is 6.20 Å². The number of H-pyrrole nitrogens is 1. The van der Waals surface area contributed by atoms with Gasteiger partial charge in [-0.15, -0.1) is 0 Å². The Hall–Kier alpha value is -0.800. The summed E-state index contributed by atoms with van der Waals surface area (Å²) >= 11 is 0. The Morgan fingerprint density at radius 1 is 1.40 bits per heavy atom. The Balaban J connectivity index is 1.44. The Labute approximate surface area is 90.9 Å². The molecule has 3 rings (SSSR count). The smallest absolute Gasteiger partial charge is 0.0223 e. The third-order valence-electron chi connectivity index (χ3n) is 3.54. The Kier molecular flexibility index (Phi) is 2.51. The summed E-state index contributed by atoms with van der Waals surface area (Å²) in [6, 6.07) is 3.78. The first-order valence-corrected chi connectivity index (χ1v) is 6.01. The molecule has 1 aliphatic heterocycles. The summed E-state index contributed by atoms with van der Waals surface area (Å²) in [5, 5.41) is 3.63. The zero-order valence-electron chi connectivity index (χ0n) is 9.08. The number of aromatic nitrogens is 1. The Bertz CT molecular complexity index is 303. The van der Waals surface area contributed by atoms with E-state index in [-0.39, 0.29) is 0 Å². The van der Waals surface area contributed by atoms with Crippen LogP contribution < -0.4 is 5.32 Å². The van der Waals surface area contributed by atoms with Crippen molar-refractivity contribution in [3.63, 3.8) is 0 Å². The molecule has 1 saturated heterocycles. The normalized spacial score (nSPS) is 27.3. The van der Waals surface area contributed by atoms with Gasteiger partial charge in [0.1, 0.15) is 0 Å². The zero-order chi connectivity index (χ0) is 10.1. The van der Waals surface area contributed by atoms with Gasteiger partial charge in [0.15, 0.2) is 0 Å². The van der Waals surface area contributed by atoms with Gasteiger partial charge in [0, 0.05) is 44.1 Å². The highest BCUT2D eigenvalue weighted by atomic mass is 15.2. The van der Waals surface area contributed by atoms with Crippen LogP contribution in [0.3, 0.4) is 0 Å². The van der Waals surface area contributed by atoms with Gasteiger partial charge in [-0.1, -0.05) is 0 Å². The molecule has 0 spiro atoms. The van der Waals surface area contributed by atoms with E-state index in [0.29, 0.717) is 6.04 Å². The van der Waals surface area contributed by atoms with Crippen LogP contribution in [0.1, 0.15) is 24.8 Å². The molecule has 1 aromatic rings. The van der Waals surface area contributed by atoms with Crippen LogP contribution >= 0.6 is 0 Å². The van der Waals surface area contributed by atoms with Crippen LogP contribution in [0, 0.1) is 0 Å². The molecule has 1 atom stereocenters. The van der Waals surface area contributed by atoms with Crippen LogP contribution in [0.25, 0.3) is 0 Å². The second kappa shape index (κ2) is 3.99. The minimum absolute atomic E-state index is 0.709. The number of aromatic amines is 1. The molecular formula is C12H19N3. The number of rotatable bonds is 4. The Morgan fingerprint density at radius 3 is 3.07 bits per heavy atom. The lowest BCUT2D eigenvalue weighted by Gasteiger charge is -2.15.